The Labute approximate surface area is 111 Å². The summed E-state index contributed by atoms with van der Waals surface area (Å²) in [5, 5.41) is 12.5. The number of halogens is 1. The van der Waals surface area contributed by atoms with Crippen LogP contribution in [0.1, 0.15) is 18.6 Å². The summed E-state index contributed by atoms with van der Waals surface area (Å²) in [6.07, 6.45) is 1.13. The number of aliphatic hydroxyl groups excluding tert-OH is 1. The number of benzene rings is 1. The highest BCUT2D eigenvalue weighted by Crippen LogP contribution is 2.13. The summed E-state index contributed by atoms with van der Waals surface area (Å²) < 4.78 is 12.7. The van der Waals surface area contributed by atoms with E-state index in [0.717, 1.165) is 5.75 Å². The lowest BCUT2D eigenvalue weighted by Gasteiger charge is -2.15. The zero-order valence-corrected chi connectivity index (χ0v) is 11.3. The molecule has 0 aromatic heterocycles. The van der Waals surface area contributed by atoms with Gasteiger partial charge in [0, 0.05) is 18.2 Å². The molecular formula is C13H18FNO2S. The summed E-state index contributed by atoms with van der Waals surface area (Å²) in [5.41, 5.74) is 0.592. The van der Waals surface area contributed by atoms with Gasteiger partial charge in [0.05, 0.1) is 6.10 Å². The molecule has 0 fully saturated rings. The van der Waals surface area contributed by atoms with Crippen molar-refractivity contribution < 1.29 is 14.3 Å². The largest absolute Gasteiger partial charge is 0.387 e. The fraction of sp³-hybridized carbons (Fsp3) is 0.462. The summed E-state index contributed by atoms with van der Waals surface area (Å²) >= 11 is 1.61. The summed E-state index contributed by atoms with van der Waals surface area (Å²) in [7, 11) is 0. The van der Waals surface area contributed by atoms with Crippen molar-refractivity contribution >= 4 is 17.7 Å². The molecule has 0 aliphatic heterocycles. The van der Waals surface area contributed by atoms with Gasteiger partial charge in [0.25, 0.3) is 0 Å². The van der Waals surface area contributed by atoms with Crippen LogP contribution in [0.4, 0.5) is 4.39 Å². The number of carbonyl (C=O) groups excluding carboxylic acids is 1. The van der Waals surface area contributed by atoms with Gasteiger partial charge in [0.15, 0.2) is 0 Å². The van der Waals surface area contributed by atoms with Gasteiger partial charge >= 0.3 is 0 Å². The molecule has 0 spiro atoms. The van der Waals surface area contributed by atoms with Gasteiger partial charge in [-0.15, -0.1) is 0 Å². The van der Waals surface area contributed by atoms with Crippen LogP contribution >= 0.6 is 11.8 Å². The van der Waals surface area contributed by atoms with E-state index in [2.05, 4.69) is 5.32 Å². The average molecular weight is 271 g/mol. The smallest absolute Gasteiger partial charge is 0.223 e. The molecule has 0 saturated heterocycles. The molecule has 2 unspecified atom stereocenters. The number of hydrogen-bond donors (Lipinski definition) is 2. The average Bonchev–Trinajstić information content (AvgIpc) is 2.36. The minimum Gasteiger partial charge on any atom is -0.387 e. The van der Waals surface area contributed by atoms with Crippen LogP contribution in [0.5, 0.6) is 0 Å². The lowest BCUT2D eigenvalue weighted by molar-refractivity contribution is -0.124. The van der Waals surface area contributed by atoms with Crippen molar-refractivity contribution in [2.45, 2.75) is 13.0 Å². The van der Waals surface area contributed by atoms with Crippen molar-refractivity contribution in [1.82, 2.24) is 5.32 Å². The summed E-state index contributed by atoms with van der Waals surface area (Å²) in [6, 6.07) is 5.60. The lowest BCUT2D eigenvalue weighted by Crippen LogP contribution is -2.33. The van der Waals surface area contributed by atoms with Gasteiger partial charge in [0.2, 0.25) is 5.91 Å². The molecule has 1 rings (SSSR count). The monoisotopic (exact) mass is 271 g/mol. The molecule has 5 heteroatoms. The second kappa shape index (κ2) is 7.38. The standard InChI is InChI=1S/C13H18FNO2S/c1-9(8-18-2)13(17)15-7-12(16)10-3-5-11(14)6-4-10/h3-6,9,12,16H,7-8H2,1-2H3,(H,15,17). The molecule has 0 saturated carbocycles. The number of nitrogens with one attached hydrogen (secondary N) is 1. The van der Waals surface area contributed by atoms with E-state index in [1.807, 2.05) is 13.2 Å². The molecule has 0 heterocycles. The van der Waals surface area contributed by atoms with Crippen molar-refractivity contribution in [2.75, 3.05) is 18.6 Å². The quantitative estimate of drug-likeness (QED) is 0.831. The van der Waals surface area contributed by atoms with Gasteiger partial charge < -0.3 is 10.4 Å². The molecule has 0 bridgehead atoms. The van der Waals surface area contributed by atoms with Gasteiger partial charge in [-0.05, 0) is 24.0 Å². The molecule has 100 valence electrons. The third kappa shape index (κ3) is 4.66. The lowest BCUT2D eigenvalue weighted by atomic mass is 10.1. The number of rotatable bonds is 6. The molecule has 1 amide bonds. The van der Waals surface area contributed by atoms with E-state index in [-0.39, 0.29) is 24.2 Å². The summed E-state index contributed by atoms with van der Waals surface area (Å²) in [6.45, 7) is 1.99. The number of hydrogen-bond acceptors (Lipinski definition) is 3. The minimum atomic E-state index is -0.809. The van der Waals surface area contributed by atoms with Gasteiger partial charge in [0.1, 0.15) is 5.82 Å². The highest BCUT2D eigenvalue weighted by molar-refractivity contribution is 7.98. The molecule has 18 heavy (non-hydrogen) atoms. The van der Waals surface area contributed by atoms with Gasteiger partial charge in [-0.2, -0.15) is 11.8 Å². The molecule has 1 aromatic carbocycles. The first-order valence-corrected chi connectivity index (χ1v) is 7.14. The number of carbonyl (C=O) groups is 1. The fourth-order valence-electron chi connectivity index (χ4n) is 1.50. The minimum absolute atomic E-state index is 0.0782. The normalized spacial score (nSPS) is 14.0. The first kappa shape index (κ1) is 15.0. The van der Waals surface area contributed by atoms with Crippen LogP contribution < -0.4 is 5.32 Å². The SMILES string of the molecule is CSCC(C)C(=O)NCC(O)c1ccc(F)cc1. The maximum atomic E-state index is 12.7. The zero-order chi connectivity index (χ0) is 13.5. The number of aliphatic hydroxyl groups is 1. The highest BCUT2D eigenvalue weighted by atomic mass is 32.2. The van der Waals surface area contributed by atoms with E-state index in [1.165, 1.54) is 24.3 Å². The van der Waals surface area contributed by atoms with Gasteiger partial charge in [-0.1, -0.05) is 19.1 Å². The number of amides is 1. The molecule has 2 atom stereocenters. The summed E-state index contributed by atoms with van der Waals surface area (Å²) in [4.78, 5) is 11.6. The predicted octanol–water partition coefficient (Wildman–Crippen LogP) is 1.97. The van der Waals surface area contributed by atoms with E-state index >= 15 is 0 Å². The van der Waals surface area contributed by atoms with E-state index in [4.69, 9.17) is 0 Å². The van der Waals surface area contributed by atoms with Crippen LogP contribution in [-0.2, 0) is 4.79 Å². The second-order valence-electron chi connectivity index (χ2n) is 4.17. The van der Waals surface area contributed by atoms with Crippen molar-refractivity contribution in [3.8, 4) is 0 Å². The first-order valence-electron chi connectivity index (χ1n) is 5.74. The topological polar surface area (TPSA) is 49.3 Å². The van der Waals surface area contributed by atoms with Crippen molar-refractivity contribution in [2.24, 2.45) is 5.92 Å². The highest BCUT2D eigenvalue weighted by Gasteiger charge is 2.14. The van der Waals surface area contributed by atoms with Gasteiger partial charge in [-0.25, -0.2) is 4.39 Å². The fourth-order valence-corrected chi connectivity index (χ4v) is 2.15. The van der Waals surface area contributed by atoms with Crippen LogP contribution in [0.2, 0.25) is 0 Å². The molecular weight excluding hydrogens is 253 g/mol. The van der Waals surface area contributed by atoms with Crippen LogP contribution in [0.3, 0.4) is 0 Å². The second-order valence-corrected chi connectivity index (χ2v) is 5.08. The Balaban J connectivity index is 2.43. The van der Waals surface area contributed by atoms with E-state index in [0.29, 0.717) is 5.56 Å². The Morgan fingerprint density at radius 2 is 2.06 bits per heavy atom. The third-order valence-electron chi connectivity index (χ3n) is 2.59. The Morgan fingerprint density at radius 1 is 1.44 bits per heavy atom. The predicted molar refractivity (Wildman–Crippen MR) is 71.9 cm³/mol. The maximum Gasteiger partial charge on any atom is 0.223 e. The molecule has 3 nitrogen and oxygen atoms in total. The number of thioether (sulfide) groups is 1. The molecule has 0 aliphatic rings. The molecule has 0 radical (unpaired) electrons. The Kier molecular flexibility index (Phi) is 6.15. The molecule has 2 N–H and O–H groups in total. The van der Waals surface area contributed by atoms with E-state index in [9.17, 15) is 14.3 Å². The van der Waals surface area contributed by atoms with Crippen LogP contribution in [0.15, 0.2) is 24.3 Å². The van der Waals surface area contributed by atoms with Crippen molar-refractivity contribution in [3.05, 3.63) is 35.6 Å². The van der Waals surface area contributed by atoms with Crippen LogP contribution in [0, 0.1) is 11.7 Å². The van der Waals surface area contributed by atoms with Crippen LogP contribution in [0.25, 0.3) is 0 Å². The third-order valence-corrected chi connectivity index (χ3v) is 3.42. The molecule has 0 aliphatic carbocycles. The van der Waals surface area contributed by atoms with Crippen LogP contribution in [-0.4, -0.2) is 29.6 Å². The van der Waals surface area contributed by atoms with Crippen molar-refractivity contribution in [1.29, 1.82) is 0 Å². The van der Waals surface area contributed by atoms with E-state index < -0.39 is 6.10 Å². The van der Waals surface area contributed by atoms with Gasteiger partial charge in [-0.3, -0.25) is 4.79 Å². The zero-order valence-electron chi connectivity index (χ0n) is 10.5. The first-order chi connectivity index (χ1) is 8.54. The molecule has 1 aromatic rings. The summed E-state index contributed by atoms with van der Waals surface area (Å²) in [5.74, 6) is 0.243. The van der Waals surface area contributed by atoms with E-state index in [1.54, 1.807) is 11.8 Å². The Morgan fingerprint density at radius 3 is 2.61 bits per heavy atom. The maximum absolute atomic E-state index is 12.7. The Hall–Kier alpha value is -1.07. The van der Waals surface area contributed by atoms with Crippen molar-refractivity contribution in [3.63, 3.8) is 0 Å². The Bertz CT molecular complexity index is 383.